The van der Waals surface area contributed by atoms with Crippen molar-refractivity contribution in [3.8, 4) is 0 Å². The van der Waals surface area contributed by atoms with E-state index in [1.807, 2.05) is 12.1 Å². The molecule has 0 radical (unpaired) electrons. The van der Waals surface area contributed by atoms with Crippen molar-refractivity contribution in [3.63, 3.8) is 0 Å². The highest BCUT2D eigenvalue weighted by atomic mass is 16.5. The molecule has 0 atom stereocenters. The molecule has 15 heavy (non-hydrogen) atoms. The Morgan fingerprint density at radius 1 is 1.47 bits per heavy atom. The van der Waals surface area contributed by atoms with Gasteiger partial charge in [-0.15, -0.1) is 0 Å². The molecule has 4 nitrogen and oxygen atoms in total. The van der Waals surface area contributed by atoms with Crippen LogP contribution in [0.15, 0.2) is 18.3 Å². The van der Waals surface area contributed by atoms with Crippen LogP contribution in [-0.2, 0) is 11.2 Å². The lowest BCUT2D eigenvalue weighted by atomic mass is 9.87. The first-order chi connectivity index (χ1) is 7.20. The second kappa shape index (κ2) is 4.16. The Labute approximate surface area is 89.1 Å². The summed E-state index contributed by atoms with van der Waals surface area (Å²) in [4.78, 5) is 4.01. The molecule has 0 bridgehead atoms. The number of hydrogen-bond donors (Lipinski definition) is 2. The third-order valence-electron chi connectivity index (χ3n) is 2.87. The second-order valence-corrected chi connectivity index (χ2v) is 4.06. The van der Waals surface area contributed by atoms with Gasteiger partial charge in [-0.1, -0.05) is 6.07 Å². The molecule has 0 aromatic carbocycles. The molecule has 1 saturated heterocycles. The maximum Gasteiger partial charge on any atom is 0.126 e. The Morgan fingerprint density at radius 2 is 2.20 bits per heavy atom. The SMILES string of the molecule is Nc1ncccc1CC1(O)CCOCC1. The maximum absolute atomic E-state index is 10.3. The number of nitrogen functional groups attached to an aromatic ring is 1. The van der Waals surface area contributed by atoms with E-state index in [1.54, 1.807) is 6.20 Å². The van der Waals surface area contributed by atoms with Crippen molar-refractivity contribution in [2.75, 3.05) is 18.9 Å². The minimum atomic E-state index is -0.671. The fourth-order valence-electron chi connectivity index (χ4n) is 1.88. The van der Waals surface area contributed by atoms with Crippen molar-refractivity contribution in [3.05, 3.63) is 23.9 Å². The van der Waals surface area contributed by atoms with Gasteiger partial charge in [-0.05, 0) is 24.5 Å². The molecule has 2 heterocycles. The van der Waals surface area contributed by atoms with Crippen molar-refractivity contribution in [2.24, 2.45) is 0 Å². The van der Waals surface area contributed by atoms with Crippen molar-refractivity contribution in [1.82, 2.24) is 4.98 Å². The van der Waals surface area contributed by atoms with Crippen LogP contribution in [0.2, 0.25) is 0 Å². The maximum atomic E-state index is 10.3. The zero-order chi connectivity index (χ0) is 10.7. The van der Waals surface area contributed by atoms with Crippen LogP contribution in [0.1, 0.15) is 18.4 Å². The largest absolute Gasteiger partial charge is 0.389 e. The van der Waals surface area contributed by atoms with E-state index in [4.69, 9.17) is 10.5 Å². The molecule has 3 N–H and O–H groups in total. The van der Waals surface area contributed by atoms with Gasteiger partial charge in [-0.2, -0.15) is 0 Å². The highest BCUT2D eigenvalue weighted by Crippen LogP contribution is 2.26. The molecule has 1 fully saturated rings. The van der Waals surface area contributed by atoms with E-state index < -0.39 is 5.60 Å². The lowest BCUT2D eigenvalue weighted by Gasteiger charge is -2.32. The molecule has 0 aliphatic carbocycles. The molecule has 82 valence electrons. The monoisotopic (exact) mass is 208 g/mol. The molecule has 4 heteroatoms. The highest BCUT2D eigenvalue weighted by molar-refractivity contribution is 5.39. The van der Waals surface area contributed by atoms with E-state index in [0.29, 0.717) is 38.3 Å². The van der Waals surface area contributed by atoms with Crippen LogP contribution in [0.3, 0.4) is 0 Å². The number of aromatic nitrogens is 1. The van der Waals surface area contributed by atoms with Gasteiger partial charge in [0.15, 0.2) is 0 Å². The minimum absolute atomic E-state index is 0.511. The van der Waals surface area contributed by atoms with Gasteiger partial charge < -0.3 is 15.6 Å². The Bertz CT molecular complexity index is 335. The van der Waals surface area contributed by atoms with Crippen molar-refractivity contribution < 1.29 is 9.84 Å². The van der Waals surface area contributed by atoms with Gasteiger partial charge in [0.1, 0.15) is 5.82 Å². The van der Waals surface area contributed by atoms with Gasteiger partial charge in [-0.3, -0.25) is 0 Å². The quantitative estimate of drug-likeness (QED) is 0.752. The molecule has 0 saturated carbocycles. The van der Waals surface area contributed by atoms with Crippen LogP contribution < -0.4 is 5.73 Å². The van der Waals surface area contributed by atoms with Gasteiger partial charge in [-0.25, -0.2) is 4.98 Å². The van der Waals surface area contributed by atoms with Crippen molar-refractivity contribution in [2.45, 2.75) is 24.9 Å². The van der Waals surface area contributed by atoms with E-state index in [-0.39, 0.29) is 0 Å². The average molecular weight is 208 g/mol. The number of nitrogens with two attached hydrogens (primary N) is 1. The molecule has 2 rings (SSSR count). The van der Waals surface area contributed by atoms with Crippen LogP contribution in [0.4, 0.5) is 5.82 Å². The summed E-state index contributed by atoms with van der Waals surface area (Å²) in [6.07, 6.45) is 3.56. The number of pyridine rings is 1. The molecular weight excluding hydrogens is 192 g/mol. The van der Waals surface area contributed by atoms with Crippen LogP contribution in [0.5, 0.6) is 0 Å². The zero-order valence-electron chi connectivity index (χ0n) is 8.65. The molecule has 0 unspecified atom stereocenters. The topological polar surface area (TPSA) is 68.4 Å². The van der Waals surface area contributed by atoms with Crippen LogP contribution in [0.25, 0.3) is 0 Å². The summed E-state index contributed by atoms with van der Waals surface area (Å²) in [5.74, 6) is 0.511. The second-order valence-electron chi connectivity index (χ2n) is 4.06. The van der Waals surface area contributed by atoms with Gasteiger partial charge >= 0.3 is 0 Å². The fourth-order valence-corrected chi connectivity index (χ4v) is 1.88. The Balaban J connectivity index is 2.10. The molecule has 1 aliphatic rings. The smallest absolute Gasteiger partial charge is 0.126 e. The lowest BCUT2D eigenvalue weighted by Crippen LogP contribution is -2.38. The first-order valence-corrected chi connectivity index (χ1v) is 5.19. The predicted molar refractivity (Wildman–Crippen MR) is 57.4 cm³/mol. The first-order valence-electron chi connectivity index (χ1n) is 5.19. The Kier molecular flexibility index (Phi) is 2.88. The summed E-state index contributed by atoms with van der Waals surface area (Å²) in [5.41, 5.74) is 5.99. The normalized spacial score (nSPS) is 20.1. The average Bonchev–Trinajstić information content (AvgIpc) is 2.22. The first kappa shape index (κ1) is 10.4. The van der Waals surface area contributed by atoms with Crippen LogP contribution >= 0.6 is 0 Å². The van der Waals surface area contributed by atoms with E-state index in [2.05, 4.69) is 4.98 Å². The number of ether oxygens (including phenoxy) is 1. The molecule has 1 aromatic heterocycles. The fraction of sp³-hybridized carbons (Fsp3) is 0.545. The van der Waals surface area contributed by atoms with Crippen LogP contribution in [0, 0.1) is 0 Å². The van der Waals surface area contributed by atoms with Crippen molar-refractivity contribution >= 4 is 5.82 Å². The number of rotatable bonds is 2. The number of hydrogen-bond acceptors (Lipinski definition) is 4. The Hall–Kier alpha value is -1.13. The van der Waals surface area contributed by atoms with E-state index in [1.165, 1.54) is 0 Å². The summed E-state index contributed by atoms with van der Waals surface area (Å²) >= 11 is 0. The summed E-state index contributed by atoms with van der Waals surface area (Å²) in [5, 5.41) is 10.3. The molecule has 0 amide bonds. The summed E-state index contributed by atoms with van der Waals surface area (Å²) in [6, 6.07) is 3.75. The number of nitrogens with zero attached hydrogens (tertiary/aromatic N) is 1. The third kappa shape index (κ3) is 2.46. The van der Waals surface area contributed by atoms with Crippen molar-refractivity contribution in [1.29, 1.82) is 0 Å². The summed E-state index contributed by atoms with van der Waals surface area (Å²) < 4.78 is 5.23. The predicted octanol–water partition coefficient (Wildman–Crippen LogP) is 0.748. The third-order valence-corrected chi connectivity index (χ3v) is 2.87. The lowest BCUT2D eigenvalue weighted by molar-refractivity contribution is -0.0625. The van der Waals surface area contributed by atoms with Gasteiger partial charge in [0.2, 0.25) is 0 Å². The molecule has 1 aromatic rings. The number of anilines is 1. The summed E-state index contributed by atoms with van der Waals surface area (Å²) in [6.45, 7) is 1.24. The Morgan fingerprint density at radius 3 is 2.87 bits per heavy atom. The van der Waals surface area contributed by atoms with E-state index >= 15 is 0 Å². The highest BCUT2D eigenvalue weighted by Gasteiger charge is 2.30. The van der Waals surface area contributed by atoms with E-state index in [0.717, 1.165) is 5.56 Å². The van der Waals surface area contributed by atoms with Gasteiger partial charge in [0.25, 0.3) is 0 Å². The molecular formula is C11H16N2O2. The zero-order valence-corrected chi connectivity index (χ0v) is 8.65. The van der Waals surface area contributed by atoms with E-state index in [9.17, 15) is 5.11 Å². The van der Waals surface area contributed by atoms with Crippen LogP contribution in [-0.4, -0.2) is 28.9 Å². The molecule has 0 spiro atoms. The summed E-state index contributed by atoms with van der Waals surface area (Å²) in [7, 11) is 0. The van der Waals surface area contributed by atoms with Gasteiger partial charge in [0, 0.05) is 25.8 Å². The minimum Gasteiger partial charge on any atom is -0.389 e. The number of aliphatic hydroxyl groups is 1. The van der Waals surface area contributed by atoms with Gasteiger partial charge in [0.05, 0.1) is 5.60 Å². The standard InChI is InChI=1S/C11H16N2O2/c12-10-9(2-1-5-13-10)8-11(14)3-6-15-7-4-11/h1-2,5,14H,3-4,6-8H2,(H2,12,13). The molecule has 1 aliphatic heterocycles.